The first-order valence-corrected chi connectivity index (χ1v) is 13.8. The van der Waals surface area contributed by atoms with Crippen molar-refractivity contribution in [2.24, 2.45) is 17.6 Å². The van der Waals surface area contributed by atoms with E-state index >= 15 is 0 Å². The largest absolute Gasteiger partial charge is 0.363 e. The van der Waals surface area contributed by atoms with E-state index in [1.807, 2.05) is 38.1 Å². The average Bonchev–Trinajstić information content (AvgIpc) is 3.39. The molecule has 0 spiro atoms. The van der Waals surface area contributed by atoms with Gasteiger partial charge in [0.1, 0.15) is 12.1 Å². The number of rotatable bonds is 11. The summed E-state index contributed by atoms with van der Waals surface area (Å²) in [6, 6.07) is 4.97. The molecule has 5 N–H and O–H groups in total. The quantitative estimate of drug-likeness (QED) is 0.320. The third-order valence-corrected chi connectivity index (χ3v) is 8.08. The van der Waals surface area contributed by atoms with Gasteiger partial charge in [-0.05, 0) is 68.4 Å². The molecule has 0 radical (unpaired) electrons. The van der Waals surface area contributed by atoms with E-state index in [0.29, 0.717) is 38.6 Å². The molecule has 1 saturated heterocycles. The van der Waals surface area contributed by atoms with Gasteiger partial charge in [0, 0.05) is 12.6 Å². The molecule has 1 aromatic rings. The van der Waals surface area contributed by atoms with Crippen LogP contribution < -0.4 is 21.7 Å². The van der Waals surface area contributed by atoms with Crippen LogP contribution in [0.4, 0.5) is 4.79 Å². The van der Waals surface area contributed by atoms with Crippen molar-refractivity contribution in [2.45, 2.75) is 89.4 Å². The van der Waals surface area contributed by atoms with Gasteiger partial charge in [0.15, 0.2) is 0 Å². The summed E-state index contributed by atoms with van der Waals surface area (Å²) < 4.78 is 0. The van der Waals surface area contributed by atoms with E-state index in [-0.39, 0.29) is 23.8 Å². The molecule has 2 fully saturated rings. The zero-order valence-electron chi connectivity index (χ0n) is 22.2. The zero-order valence-corrected chi connectivity index (χ0v) is 22.2. The predicted octanol–water partition coefficient (Wildman–Crippen LogP) is 1.20. The van der Waals surface area contributed by atoms with Gasteiger partial charge in [-0.25, -0.2) is 4.79 Å². The maximum Gasteiger partial charge on any atom is 0.315 e. The first-order chi connectivity index (χ1) is 18.2. The van der Waals surface area contributed by atoms with E-state index < -0.39 is 41.8 Å². The Morgan fingerprint density at radius 1 is 1.00 bits per heavy atom. The molecule has 0 aromatic heterocycles. The number of hydrogen-bond acceptors (Lipinski definition) is 5. The molecule has 0 bridgehead atoms. The SMILES string of the molecule is CCC(C)NC(=O)NC(C(=O)N1CCC[C@H]1C(=O)NC(CC1CC1)C(=O)C(N)=O)C1Cc2ccccc2C1. The Balaban J connectivity index is 1.50. The van der Waals surface area contributed by atoms with E-state index in [1.54, 1.807) is 0 Å². The minimum atomic E-state index is -1.08. The van der Waals surface area contributed by atoms with Crippen LogP contribution in [-0.2, 0) is 32.0 Å². The predicted molar refractivity (Wildman–Crippen MR) is 141 cm³/mol. The highest BCUT2D eigenvalue weighted by Crippen LogP contribution is 2.34. The van der Waals surface area contributed by atoms with Crippen LogP contribution in [0.3, 0.4) is 0 Å². The van der Waals surface area contributed by atoms with Crippen LogP contribution in [0.2, 0.25) is 0 Å². The van der Waals surface area contributed by atoms with Gasteiger partial charge in [0.2, 0.25) is 17.6 Å². The van der Waals surface area contributed by atoms with Gasteiger partial charge in [0.25, 0.3) is 5.91 Å². The standard InChI is InChI=1S/C28H39N5O5/c1-3-16(2)30-28(38)32-23(20-14-18-7-4-5-8-19(18)15-20)27(37)33-12-6-9-22(33)26(36)31-21(13-17-10-11-17)24(34)25(29)35/h4-5,7-8,16-17,20-23H,3,6,9-15H2,1-2H3,(H2,29,35)(H,31,36)(H2,30,32,38)/t16?,21?,22-,23?/m0/s1. The molecule has 10 heteroatoms. The summed E-state index contributed by atoms with van der Waals surface area (Å²) in [4.78, 5) is 65.6. The molecule has 206 valence electrons. The Hall–Kier alpha value is -3.43. The van der Waals surface area contributed by atoms with Gasteiger partial charge in [-0.2, -0.15) is 0 Å². The van der Waals surface area contributed by atoms with Gasteiger partial charge >= 0.3 is 6.03 Å². The summed E-state index contributed by atoms with van der Waals surface area (Å²) in [6.45, 7) is 4.24. The first-order valence-electron chi connectivity index (χ1n) is 13.8. The lowest BCUT2D eigenvalue weighted by atomic mass is 9.94. The molecule has 1 saturated carbocycles. The number of carbonyl (C=O) groups excluding carboxylic acids is 5. The average molecular weight is 526 g/mol. The van der Waals surface area contributed by atoms with E-state index in [1.165, 1.54) is 4.90 Å². The Morgan fingerprint density at radius 2 is 1.66 bits per heavy atom. The van der Waals surface area contributed by atoms with Gasteiger partial charge < -0.3 is 26.6 Å². The van der Waals surface area contributed by atoms with Crippen molar-refractivity contribution in [3.63, 3.8) is 0 Å². The third-order valence-electron chi connectivity index (χ3n) is 8.08. The molecular weight excluding hydrogens is 486 g/mol. The first kappa shape index (κ1) is 27.6. The van der Waals surface area contributed by atoms with Gasteiger partial charge in [0.05, 0.1) is 6.04 Å². The molecule has 2 aliphatic carbocycles. The Labute approximate surface area is 223 Å². The highest BCUT2D eigenvalue weighted by molar-refractivity contribution is 6.37. The van der Waals surface area contributed by atoms with Crippen molar-refractivity contribution < 1.29 is 24.0 Å². The Morgan fingerprint density at radius 3 is 2.24 bits per heavy atom. The van der Waals surface area contributed by atoms with Gasteiger partial charge in [-0.3, -0.25) is 19.2 Å². The second-order valence-electron chi connectivity index (χ2n) is 11.0. The molecular formula is C28H39N5O5. The van der Waals surface area contributed by atoms with Gasteiger partial charge in [-0.15, -0.1) is 0 Å². The number of nitrogens with zero attached hydrogens (tertiary/aromatic N) is 1. The second-order valence-corrected chi connectivity index (χ2v) is 11.0. The van der Waals surface area contributed by atoms with Crippen molar-refractivity contribution in [1.29, 1.82) is 0 Å². The van der Waals surface area contributed by atoms with Crippen molar-refractivity contribution in [1.82, 2.24) is 20.9 Å². The number of nitrogens with one attached hydrogen (secondary N) is 3. The molecule has 4 atom stereocenters. The van der Waals surface area contributed by atoms with Crippen molar-refractivity contribution in [2.75, 3.05) is 6.54 Å². The van der Waals surface area contributed by atoms with Gasteiger partial charge in [-0.1, -0.05) is 44.0 Å². The normalized spacial score (nSPS) is 21.2. The minimum Gasteiger partial charge on any atom is -0.363 e. The summed E-state index contributed by atoms with van der Waals surface area (Å²) in [5, 5.41) is 8.50. The second kappa shape index (κ2) is 12.0. The monoisotopic (exact) mass is 525 g/mol. The van der Waals surface area contributed by atoms with Crippen LogP contribution in [0.1, 0.15) is 63.5 Å². The summed E-state index contributed by atoms with van der Waals surface area (Å²) >= 11 is 0. The number of nitrogens with two attached hydrogens (primary N) is 1. The molecule has 1 heterocycles. The molecule has 4 rings (SSSR count). The number of benzene rings is 1. The number of amides is 5. The number of likely N-dealkylation sites (tertiary alicyclic amines) is 1. The Bertz CT molecular complexity index is 1060. The maximum absolute atomic E-state index is 14.0. The molecule has 5 amide bonds. The van der Waals surface area contributed by atoms with E-state index in [4.69, 9.17) is 5.73 Å². The number of carbonyl (C=O) groups is 5. The highest BCUT2D eigenvalue weighted by atomic mass is 16.2. The number of primary amides is 1. The molecule has 1 aliphatic heterocycles. The summed E-state index contributed by atoms with van der Waals surface area (Å²) in [5.41, 5.74) is 7.53. The lowest BCUT2D eigenvalue weighted by Crippen LogP contribution is -2.59. The topological polar surface area (TPSA) is 151 Å². The maximum atomic E-state index is 14.0. The fourth-order valence-corrected chi connectivity index (χ4v) is 5.56. The fourth-order valence-electron chi connectivity index (χ4n) is 5.56. The number of fused-ring (bicyclic) bond motifs is 1. The van der Waals surface area contributed by atoms with Crippen LogP contribution >= 0.6 is 0 Å². The van der Waals surface area contributed by atoms with Crippen LogP contribution in [0.5, 0.6) is 0 Å². The molecule has 10 nitrogen and oxygen atoms in total. The van der Waals surface area contributed by atoms with E-state index in [2.05, 4.69) is 16.0 Å². The smallest absolute Gasteiger partial charge is 0.315 e. The fraction of sp³-hybridized carbons (Fsp3) is 0.607. The molecule has 3 aliphatic rings. The lowest BCUT2D eigenvalue weighted by Gasteiger charge is -2.32. The molecule has 1 aromatic carbocycles. The number of ketones is 1. The summed E-state index contributed by atoms with van der Waals surface area (Å²) in [7, 11) is 0. The highest BCUT2D eigenvalue weighted by Gasteiger charge is 2.43. The van der Waals surface area contributed by atoms with Crippen molar-refractivity contribution in [3.8, 4) is 0 Å². The lowest BCUT2D eigenvalue weighted by molar-refractivity contribution is -0.142. The van der Waals surface area contributed by atoms with Crippen molar-refractivity contribution in [3.05, 3.63) is 35.4 Å². The number of hydrogen-bond donors (Lipinski definition) is 4. The van der Waals surface area contributed by atoms with E-state index in [9.17, 15) is 24.0 Å². The number of urea groups is 1. The third kappa shape index (κ3) is 6.52. The zero-order chi connectivity index (χ0) is 27.4. The van der Waals surface area contributed by atoms with Crippen LogP contribution in [0, 0.1) is 11.8 Å². The van der Waals surface area contributed by atoms with E-state index in [0.717, 1.165) is 30.4 Å². The number of Topliss-reactive ketones (excluding diaryl/α,β-unsaturated/α-hetero) is 1. The summed E-state index contributed by atoms with van der Waals surface area (Å²) in [6.07, 6.45) is 5.38. The summed E-state index contributed by atoms with van der Waals surface area (Å²) in [5.74, 6) is -2.52. The van der Waals surface area contributed by atoms with Crippen molar-refractivity contribution >= 4 is 29.5 Å². The van der Waals surface area contributed by atoms with Crippen LogP contribution in [-0.4, -0.2) is 65.1 Å². The Kier molecular flexibility index (Phi) is 8.69. The molecule has 38 heavy (non-hydrogen) atoms. The van der Waals surface area contributed by atoms with Crippen LogP contribution in [0.25, 0.3) is 0 Å². The minimum absolute atomic E-state index is 0.0527. The van der Waals surface area contributed by atoms with Crippen LogP contribution in [0.15, 0.2) is 24.3 Å². The molecule has 3 unspecified atom stereocenters.